The molecular formula is C18H14O10. The van der Waals surface area contributed by atoms with E-state index in [0.717, 1.165) is 0 Å². The molecule has 10 heteroatoms. The minimum atomic E-state index is -3.55. The van der Waals surface area contributed by atoms with Crippen LogP contribution in [0.3, 0.4) is 0 Å². The smallest absolute Gasteiger partial charge is 0.388 e. The number of carbonyl (C=O) groups is 4. The van der Waals surface area contributed by atoms with Crippen LogP contribution in [0.1, 0.15) is 20.7 Å². The van der Waals surface area contributed by atoms with Crippen molar-refractivity contribution < 1.29 is 49.0 Å². The number of hydrogen-bond donors (Lipinski definition) is 3. The van der Waals surface area contributed by atoms with Gasteiger partial charge in [0.2, 0.25) is 6.10 Å². The zero-order valence-electron chi connectivity index (χ0n) is 14.1. The fourth-order valence-corrected chi connectivity index (χ4v) is 1.97. The van der Waals surface area contributed by atoms with E-state index in [0.29, 0.717) is 0 Å². The molecule has 0 aliphatic rings. The SMILES string of the molecule is O=C(OOC(OC(=O)c1ccccc1)(C(=O)O)C(O)C(=O)O)c1ccccc1. The van der Waals surface area contributed by atoms with Crippen LogP contribution in [0.25, 0.3) is 0 Å². The van der Waals surface area contributed by atoms with Crippen LogP contribution in [-0.4, -0.2) is 51.1 Å². The zero-order valence-corrected chi connectivity index (χ0v) is 14.1. The number of hydrogen-bond acceptors (Lipinski definition) is 8. The molecule has 28 heavy (non-hydrogen) atoms. The molecule has 0 heterocycles. The number of aliphatic hydroxyl groups excluding tert-OH is 1. The number of aliphatic hydroxyl groups is 1. The Morgan fingerprint density at radius 1 is 0.786 bits per heavy atom. The van der Waals surface area contributed by atoms with Crippen LogP contribution < -0.4 is 0 Å². The summed E-state index contributed by atoms with van der Waals surface area (Å²) in [6, 6.07) is 14.1. The number of carboxylic acids is 2. The van der Waals surface area contributed by atoms with E-state index in [9.17, 15) is 29.4 Å². The van der Waals surface area contributed by atoms with Gasteiger partial charge in [-0.1, -0.05) is 36.4 Å². The van der Waals surface area contributed by atoms with Gasteiger partial charge in [0.05, 0.1) is 11.1 Å². The minimum Gasteiger partial charge on any atom is -0.479 e. The molecule has 0 aliphatic heterocycles. The molecule has 146 valence electrons. The van der Waals surface area contributed by atoms with Crippen molar-refractivity contribution in [2.45, 2.75) is 11.9 Å². The van der Waals surface area contributed by atoms with E-state index < -0.39 is 35.8 Å². The van der Waals surface area contributed by atoms with Crippen molar-refractivity contribution in [2.75, 3.05) is 0 Å². The highest BCUT2D eigenvalue weighted by Crippen LogP contribution is 2.23. The molecule has 0 aromatic heterocycles. The largest absolute Gasteiger partial charge is 0.479 e. The van der Waals surface area contributed by atoms with Gasteiger partial charge in [0.15, 0.2) is 0 Å². The highest BCUT2D eigenvalue weighted by Gasteiger charge is 2.58. The number of ether oxygens (including phenoxy) is 1. The van der Waals surface area contributed by atoms with Gasteiger partial charge in [-0.25, -0.2) is 19.2 Å². The summed E-state index contributed by atoms with van der Waals surface area (Å²) in [6.45, 7) is 0. The summed E-state index contributed by atoms with van der Waals surface area (Å²) in [5, 5.41) is 28.2. The van der Waals surface area contributed by atoms with Crippen molar-refractivity contribution >= 4 is 23.9 Å². The monoisotopic (exact) mass is 390 g/mol. The van der Waals surface area contributed by atoms with E-state index >= 15 is 0 Å². The molecule has 0 bridgehead atoms. The van der Waals surface area contributed by atoms with Crippen LogP contribution in [0.15, 0.2) is 60.7 Å². The van der Waals surface area contributed by atoms with E-state index in [-0.39, 0.29) is 11.1 Å². The molecule has 0 radical (unpaired) electrons. The number of carbonyl (C=O) groups excluding carboxylic acids is 2. The van der Waals surface area contributed by atoms with Crippen LogP contribution in [0.5, 0.6) is 0 Å². The Morgan fingerprint density at radius 3 is 1.68 bits per heavy atom. The Bertz CT molecular complexity index is 864. The predicted molar refractivity (Wildman–Crippen MR) is 88.8 cm³/mol. The van der Waals surface area contributed by atoms with E-state index in [2.05, 4.69) is 14.5 Å². The van der Waals surface area contributed by atoms with Crippen molar-refractivity contribution in [3.05, 3.63) is 71.8 Å². The maximum Gasteiger partial charge on any atom is 0.388 e. The van der Waals surface area contributed by atoms with Crippen molar-refractivity contribution in [3.63, 3.8) is 0 Å². The van der Waals surface area contributed by atoms with Crippen molar-refractivity contribution in [1.29, 1.82) is 0 Å². The molecule has 0 spiro atoms. The van der Waals surface area contributed by atoms with Crippen LogP contribution >= 0.6 is 0 Å². The predicted octanol–water partition coefficient (Wildman–Crippen LogP) is 0.858. The van der Waals surface area contributed by atoms with Gasteiger partial charge in [-0.15, -0.1) is 4.89 Å². The fourth-order valence-electron chi connectivity index (χ4n) is 1.97. The highest BCUT2D eigenvalue weighted by molar-refractivity contribution is 5.94. The average Bonchev–Trinajstić information content (AvgIpc) is 2.71. The first-order chi connectivity index (χ1) is 13.3. The Kier molecular flexibility index (Phi) is 6.42. The molecule has 0 saturated carbocycles. The fraction of sp³-hybridized carbons (Fsp3) is 0.111. The lowest BCUT2D eigenvalue weighted by molar-refractivity contribution is -0.386. The third-order valence-corrected chi connectivity index (χ3v) is 3.40. The maximum atomic E-state index is 12.2. The maximum absolute atomic E-state index is 12.2. The van der Waals surface area contributed by atoms with Crippen molar-refractivity contribution in [1.82, 2.24) is 0 Å². The molecular weight excluding hydrogens is 376 g/mol. The van der Waals surface area contributed by atoms with Crippen LogP contribution in [-0.2, 0) is 24.1 Å². The lowest BCUT2D eigenvalue weighted by atomic mass is 10.1. The Morgan fingerprint density at radius 2 is 1.25 bits per heavy atom. The van der Waals surface area contributed by atoms with Gasteiger partial charge in [0.1, 0.15) is 0 Å². The minimum absolute atomic E-state index is 0.0685. The second-order valence-electron chi connectivity index (χ2n) is 5.29. The standard InChI is InChI=1S/C18H14O10/c19-13(14(20)21)18(17(24)25,26-15(22)11-7-3-1-4-8-11)28-27-16(23)12-9-5-2-6-10-12/h1-10,13,19H,(H,20,21)(H,24,25). The molecule has 0 aliphatic carbocycles. The van der Waals surface area contributed by atoms with Gasteiger partial charge in [0.25, 0.3) is 0 Å². The molecule has 3 N–H and O–H groups in total. The molecule has 2 atom stereocenters. The van der Waals surface area contributed by atoms with E-state index in [4.69, 9.17) is 5.11 Å². The van der Waals surface area contributed by atoms with E-state index in [1.165, 1.54) is 48.5 Å². The first-order valence-corrected chi connectivity index (χ1v) is 7.65. The summed E-state index contributed by atoms with van der Waals surface area (Å²) in [5.74, 6) is -10.4. The van der Waals surface area contributed by atoms with Gasteiger partial charge < -0.3 is 20.1 Å². The number of esters is 1. The average molecular weight is 390 g/mol. The molecule has 2 aromatic rings. The topological polar surface area (TPSA) is 157 Å². The van der Waals surface area contributed by atoms with Gasteiger partial charge in [0, 0.05) is 0 Å². The Hall–Kier alpha value is -3.76. The quantitative estimate of drug-likeness (QED) is 0.255. The molecule has 2 aromatic carbocycles. The number of rotatable bonds is 8. The van der Waals surface area contributed by atoms with Crippen LogP contribution in [0, 0.1) is 0 Å². The van der Waals surface area contributed by atoms with Gasteiger partial charge >= 0.3 is 29.7 Å². The summed E-state index contributed by atoms with van der Waals surface area (Å²) in [4.78, 5) is 55.7. The zero-order chi connectivity index (χ0) is 20.7. The molecule has 0 amide bonds. The summed E-state index contributed by atoms with van der Waals surface area (Å²) >= 11 is 0. The summed E-state index contributed by atoms with van der Waals surface area (Å²) in [7, 11) is 0. The molecule has 0 fully saturated rings. The van der Waals surface area contributed by atoms with Gasteiger partial charge in [-0.2, -0.15) is 0 Å². The highest BCUT2D eigenvalue weighted by atomic mass is 17.2. The first-order valence-electron chi connectivity index (χ1n) is 7.65. The van der Waals surface area contributed by atoms with Crippen molar-refractivity contribution in [3.8, 4) is 0 Å². The third-order valence-electron chi connectivity index (χ3n) is 3.40. The van der Waals surface area contributed by atoms with E-state index in [1.54, 1.807) is 12.1 Å². The lowest BCUT2D eigenvalue weighted by Gasteiger charge is -2.28. The number of aliphatic carboxylic acids is 2. The lowest BCUT2D eigenvalue weighted by Crippen LogP contribution is -2.58. The molecule has 2 unspecified atom stereocenters. The summed E-state index contributed by atoms with van der Waals surface area (Å²) in [6.07, 6.45) is -2.92. The number of carboxylic acid groups (broad SMARTS) is 2. The van der Waals surface area contributed by atoms with E-state index in [1.807, 2.05) is 0 Å². The van der Waals surface area contributed by atoms with Crippen LogP contribution in [0.2, 0.25) is 0 Å². The normalized spacial score (nSPS) is 13.6. The number of benzene rings is 2. The third kappa shape index (κ3) is 4.50. The second kappa shape index (κ2) is 8.75. The molecule has 2 rings (SSSR count). The molecule has 10 nitrogen and oxygen atoms in total. The Balaban J connectivity index is 2.32. The van der Waals surface area contributed by atoms with Gasteiger partial charge in [-0.05, 0) is 24.3 Å². The Labute approximate surface area is 157 Å². The second-order valence-corrected chi connectivity index (χ2v) is 5.29. The summed E-state index contributed by atoms with van der Waals surface area (Å²) in [5.41, 5.74) is -0.232. The molecule has 0 saturated heterocycles. The van der Waals surface area contributed by atoms with Gasteiger partial charge in [-0.3, -0.25) is 4.89 Å². The van der Waals surface area contributed by atoms with Crippen molar-refractivity contribution in [2.24, 2.45) is 0 Å². The van der Waals surface area contributed by atoms with Crippen LogP contribution in [0.4, 0.5) is 0 Å². The first kappa shape index (κ1) is 20.6. The summed E-state index contributed by atoms with van der Waals surface area (Å²) < 4.78 is 4.63.